The topological polar surface area (TPSA) is 65.9 Å². The highest BCUT2D eigenvalue weighted by atomic mass is 19.1. The number of halogens is 1. The van der Waals surface area contributed by atoms with Crippen molar-refractivity contribution < 1.29 is 19.0 Å². The summed E-state index contributed by atoms with van der Waals surface area (Å²) in [5.41, 5.74) is 0.102. The van der Waals surface area contributed by atoms with Gasteiger partial charge in [-0.05, 0) is 69.2 Å². The zero-order chi connectivity index (χ0) is 22.1. The Labute approximate surface area is 188 Å². The van der Waals surface area contributed by atoms with E-state index in [4.69, 9.17) is 4.74 Å². The Morgan fingerprint density at radius 2 is 1.81 bits per heavy atom. The fraction of sp³-hybridized carbons (Fsp3) is 0.520. The number of piperidine rings is 1. The Hall–Kier alpha value is -2.67. The number of aromatic nitrogens is 1. The van der Waals surface area contributed by atoms with Gasteiger partial charge in [0.05, 0.1) is 17.2 Å². The molecule has 1 aliphatic carbocycles. The molecule has 2 aliphatic heterocycles. The molecule has 1 unspecified atom stereocenters. The summed E-state index contributed by atoms with van der Waals surface area (Å²) in [7, 11) is 0. The van der Waals surface area contributed by atoms with Crippen molar-refractivity contribution in [2.24, 2.45) is 5.41 Å². The first-order valence-electron chi connectivity index (χ1n) is 11.7. The molecule has 3 fully saturated rings. The number of nitrogens with zero attached hydrogens (tertiary/aromatic N) is 3. The first-order chi connectivity index (χ1) is 15.5. The van der Waals surface area contributed by atoms with Gasteiger partial charge in [-0.3, -0.25) is 9.78 Å². The molecule has 5 rings (SSSR count). The van der Waals surface area contributed by atoms with Gasteiger partial charge in [0, 0.05) is 44.1 Å². The van der Waals surface area contributed by atoms with Gasteiger partial charge in [-0.2, -0.15) is 0 Å². The van der Waals surface area contributed by atoms with Crippen molar-refractivity contribution in [1.29, 1.82) is 0 Å². The highest BCUT2D eigenvalue weighted by Gasteiger charge is 2.50. The molecular formula is C25H30FN3O3. The average molecular weight is 440 g/mol. The van der Waals surface area contributed by atoms with Crippen LogP contribution in [0.15, 0.2) is 42.7 Å². The van der Waals surface area contributed by atoms with Crippen molar-refractivity contribution in [1.82, 2.24) is 9.88 Å². The van der Waals surface area contributed by atoms with Crippen LogP contribution in [0.2, 0.25) is 0 Å². The van der Waals surface area contributed by atoms with Crippen LogP contribution in [0.5, 0.6) is 11.5 Å². The summed E-state index contributed by atoms with van der Waals surface area (Å²) < 4.78 is 20.8. The summed E-state index contributed by atoms with van der Waals surface area (Å²) in [5.74, 6) is 0.932. The van der Waals surface area contributed by atoms with Crippen LogP contribution < -0.4 is 9.64 Å². The Morgan fingerprint density at radius 3 is 2.56 bits per heavy atom. The summed E-state index contributed by atoms with van der Waals surface area (Å²) in [6, 6.07) is 8.63. The number of ether oxygens (including phenoxy) is 1. The van der Waals surface area contributed by atoms with Crippen LogP contribution >= 0.6 is 0 Å². The average Bonchev–Trinajstić information content (AvgIpc) is 3.10. The van der Waals surface area contributed by atoms with Crippen molar-refractivity contribution >= 4 is 11.6 Å². The van der Waals surface area contributed by atoms with Gasteiger partial charge in [0.1, 0.15) is 17.3 Å². The summed E-state index contributed by atoms with van der Waals surface area (Å²) in [6.45, 7) is 2.07. The molecule has 2 aromatic rings. The number of amides is 1. The first-order valence-corrected chi connectivity index (χ1v) is 11.7. The number of aliphatic hydroxyl groups excluding tert-OH is 1. The number of likely N-dealkylation sites (tertiary alicyclic amines) is 1. The molecule has 6 nitrogen and oxygen atoms in total. The van der Waals surface area contributed by atoms with Gasteiger partial charge < -0.3 is 19.6 Å². The Kier molecular flexibility index (Phi) is 5.76. The summed E-state index contributed by atoms with van der Waals surface area (Å²) in [5, 5.41) is 9.81. The van der Waals surface area contributed by atoms with Crippen LogP contribution in [0.1, 0.15) is 44.9 Å². The molecule has 3 aliphatic rings. The fourth-order valence-electron chi connectivity index (χ4n) is 5.63. The molecular weight excluding hydrogens is 409 g/mol. The standard InChI is InChI=1S/C25H30FN3O3/c26-22-16-21(32-20-8-12-27-13-9-20)6-7-23(22)28-14-1-10-25(17-28)11-15-29(24(25)31)18-2-4-19(30)5-3-18/h6-9,12-13,16,18-19,30H,1-5,10-11,14-15,17H2/t18-,19-,25?. The minimum absolute atomic E-state index is 0.224. The molecule has 32 heavy (non-hydrogen) atoms. The van der Waals surface area contributed by atoms with E-state index in [0.717, 1.165) is 58.0 Å². The predicted octanol–water partition coefficient (Wildman–Crippen LogP) is 4.14. The van der Waals surface area contributed by atoms with Crippen LogP contribution in [-0.4, -0.2) is 52.7 Å². The molecule has 0 radical (unpaired) electrons. The van der Waals surface area contributed by atoms with E-state index in [9.17, 15) is 9.90 Å². The molecule has 7 heteroatoms. The maximum absolute atomic E-state index is 15.1. The summed E-state index contributed by atoms with van der Waals surface area (Å²) in [6.07, 6.45) is 8.88. The Bertz CT molecular complexity index is 964. The second-order valence-corrected chi connectivity index (χ2v) is 9.41. The van der Waals surface area contributed by atoms with E-state index in [1.54, 1.807) is 36.7 Å². The van der Waals surface area contributed by atoms with E-state index in [0.29, 0.717) is 23.7 Å². The number of carbonyl (C=O) groups excluding carboxylic acids is 1. The quantitative estimate of drug-likeness (QED) is 0.776. The van der Waals surface area contributed by atoms with E-state index in [-0.39, 0.29) is 23.9 Å². The molecule has 2 saturated heterocycles. The lowest BCUT2D eigenvalue weighted by atomic mass is 9.78. The number of hydrogen-bond acceptors (Lipinski definition) is 5. The number of rotatable bonds is 4. The molecule has 1 amide bonds. The summed E-state index contributed by atoms with van der Waals surface area (Å²) in [4.78, 5) is 21.5. The van der Waals surface area contributed by atoms with Crippen molar-refractivity contribution in [3.8, 4) is 11.5 Å². The van der Waals surface area contributed by atoms with Crippen LogP contribution in [0.25, 0.3) is 0 Å². The molecule has 170 valence electrons. The molecule has 1 spiro atoms. The van der Waals surface area contributed by atoms with E-state index < -0.39 is 5.41 Å². The third-order valence-corrected chi connectivity index (χ3v) is 7.37. The monoisotopic (exact) mass is 439 g/mol. The van der Waals surface area contributed by atoms with Crippen LogP contribution in [0, 0.1) is 11.2 Å². The van der Waals surface area contributed by atoms with Gasteiger partial charge in [0.2, 0.25) is 5.91 Å². The van der Waals surface area contributed by atoms with Crippen molar-refractivity contribution in [3.63, 3.8) is 0 Å². The maximum Gasteiger partial charge on any atom is 0.230 e. The second-order valence-electron chi connectivity index (χ2n) is 9.41. The third-order valence-electron chi connectivity index (χ3n) is 7.37. The van der Waals surface area contributed by atoms with Crippen molar-refractivity contribution in [3.05, 3.63) is 48.5 Å². The minimum atomic E-state index is -0.424. The van der Waals surface area contributed by atoms with Crippen LogP contribution in [0.3, 0.4) is 0 Å². The van der Waals surface area contributed by atoms with Crippen LogP contribution in [0.4, 0.5) is 10.1 Å². The third kappa shape index (κ3) is 4.06. The van der Waals surface area contributed by atoms with E-state index >= 15 is 4.39 Å². The zero-order valence-electron chi connectivity index (χ0n) is 18.3. The first kappa shape index (κ1) is 21.2. The lowest BCUT2D eigenvalue weighted by molar-refractivity contribution is -0.139. The van der Waals surface area contributed by atoms with Gasteiger partial charge in [-0.25, -0.2) is 4.39 Å². The zero-order valence-corrected chi connectivity index (χ0v) is 18.3. The minimum Gasteiger partial charge on any atom is -0.457 e. The SMILES string of the molecule is O=C1N([C@H]2CC[C@H](O)CC2)CCC12CCCN(c1ccc(Oc3ccncc3)cc1F)C2. The number of carbonyl (C=O) groups is 1. The van der Waals surface area contributed by atoms with E-state index in [2.05, 4.69) is 9.88 Å². The van der Waals surface area contributed by atoms with Gasteiger partial charge in [0.15, 0.2) is 0 Å². The fourth-order valence-corrected chi connectivity index (χ4v) is 5.63. The number of benzene rings is 1. The van der Waals surface area contributed by atoms with E-state index in [1.165, 1.54) is 6.07 Å². The molecule has 1 aromatic heterocycles. The van der Waals surface area contributed by atoms with Crippen LogP contribution in [-0.2, 0) is 4.79 Å². The smallest absolute Gasteiger partial charge is 0.230 e. The van der Waals surface area contributed by atoms with Gasteiger partial charge in [0.25, 0.3) is 0 Å². The highest BCUT2D eigenvalue weighted by molar-refractivity contribution is 5.86. The number of anilines is 1. The summed E-state index contributed by atoms with van der Waals surface area (Å²) >= 11 is 0. The normalized spacial score (nSPS) is 28.4. The lowest BCUT2D eigenvalue weighted by Gasteiger charge is -2.41. The highest BCUT2D eigenvalue weighted by Crippen LogP contribution is 2.44. The molecule has 1 saturated carbocycles. The predicted molar refractivity (Wildman–Crippen MR) is 119 cm³/mol. The molecule has 1 atom stereocenters. The van der Waals surface area contributed by atoms with Gasteiger partial charge in [-0.15, -0.1) is 0 Å². The van der Waals surface area contributed by atoms with E-state index in [1.807, 2.05) is 4.90 Å². The Balaban J connectivity index is 1.29. The number of pyridine rings is 1. The Morgan fingerprint density at radius 1 is 1.03 bits per heavy atom. The molecule has 3 heterocycles. The molecule has 1 N–H and O–H groups in total. The van der Waals surface area contributed by atoms with Gasteiger partial charge >= 0.3 is 0 Å². The second kappa shape index (κ2) is 8.70. The van der Waals surface area contributed by atoms with Crippen molar-refractivity contribution in [2.75, 3.05) is 24.5 Å². The molecule has 1 aromatic carbocycles. The van der Waals surface area contributed by atoms with Crippen molar-refractivity contribution in [2.45, 2.75) is 57.1 Å². The number of aliphatic hydroxyl groups is 1. The number of hydrogen-bond donors (Lipinski definition) is 1. The maximum atomic E-state index is 15.1. The lowest BCUT2D eigenvalue weighted by Crippen LogP contribution is -2.50. The largest absolute Gasteiger partial charge is 0.457 e. The molecule has 0 bridgehead atoms. The van der Waals surface area contributed by atoms with Gasteiger partial charge in [-0.1, -0.05) is 0 Å².